The van der Waals surface area contributed by atoms with Gasteiger partial charge in [0.15, 0.2) is 0 Å². The van der Waals surface area contributed by atoms with Crippen LogP contribution in [0.5, 0.6) is 0 Å². The number of hydrogen-bond donors (Lipinski definition) is 1. The molecule has 0 aromatic heterocycles. The van der Waals surface area contributed by atoms with Crippen molar-refractivity contribution in [3.8, 4) is 0 Å². The molecule has 2 aliphatic heterocycles. The minimum absolute atomic E-state index is 0.0919. The van der Waals surface area contributed by atoms with Crippen molar-refractivity contribution in [3.63, 3.8) is 0 Å². The molecule has 5 heteroatoms. The molecule has 1 atom stereocenters. The maximum atomic E-state index is 10.9. The Morgan fingerprint density at radius 3 is 3.55 bits per heavy atom. The van der Waals surface area contributed by atoms with Crippen LogP contribution in [0.3, 0.4) is 0 Å². The average Bonchev–Trinajstić information content (AvgIpc) is 2.04. The van der Waals surface area contributed by atoms with Gasteiger partial charge in [0.1, 0.15) is 5.04 Å². The minimum atomic E-state index is 0.0919. The van der Waals surface area contributed by atoms with Gasteiger partial charge in [-0.05, 0) is 0 Å². The largest absolute Gasteiger partial charge is 0.346 e. The molecule has 0 aliphatic carbocycles. The van der Waals surface area contributed by atoms with Crippen LogP contribution in [0.25, 0.3) is 0 Å². The summed E-state index contributed by atoms with van der Waals surface area (Å²) in [5.74, 6) is 0.569. The zero-order chi connectivity index (χ0) is 7.68. The predicted octanol–water partition coefficient (Wildman–Crippen LogP) is 0.00600. The lowest BCUT2D eigenvalue weighted by molar-refractivity contribution is -0.118. The molecule has 0 aromatic carbocycles. The molecule has 0 saturated carbocycles. The standard InChI is InChI=1S/C6H7N3OS/c10-5-3-11-6-4(8-5)1-2-7-9-6/h2,4H,1,3H2,(H,8,10). The fraction of sp³-hybridized carbons (Fsp3) is 0.500. The van der Waals surface area contributed by atoms with Gasteiger partial charge in [-0.2, -0.15) is 5.10 Å². The first-order valence-corrected chi connectivity index (χ1v) is 4.36. The van der Waals surface area contributed by atoms with Crippen molar-refractivity contribution < 1.29 is 4.79 Å². The molecule has 1 amide bonds. The number of thioether (sulfide) groups is 1. The normalized spacial score (nSPS) is 28.9. The van der Waals surface area contributed by atoms with Crippen LogP contribution in [0.2, 0.25) is 0 Å². The van der Waals surface area contributed by atoms with E-state index >= 15 is 0 Å². The Hall–Kier alpha value is -0.840. The number of rotatable bonds is 0. The summed E-state index contributed by atoms with van der Waals surface area (Å²) < 4.78 is 0. The van der Waals surface area contributed by atoms with Gasteiger partial charge < -0.3 is 5.32 Å². The van der Waals surface area contributed by atoms with E-state index in [2.05, 4.69) is 15.5 Å². The van der Waals surface area contributed by atoms with Crippen molar-refractivity contribution in [3.05, 3.63) is 0 Å². The zero-order valence-electron chi connectivity index (χ0n) is 5.78. The zero-order valence-corrected chi connectivity index (χ0v) is 6.60. The lowest BCUT2D eigenvalue weighted by Gasteiger charge is -2.24. The van der Waals surface area contributed by atoms with E-state index in [4.69, 9.17) is 0 Å². The van der Waals surface area contributed by atoms with Crippen molar-refractivity contribution in [1.82, 2.24) is 5.32 Å². The number of hydrogen-bond acceptors (Lipinski definition) is 4. The highest BCUT2D eigenvalue weighted by Crippen LogP contribution is 2.17. The first-order valence-electron chi connectivity index (χ1n) is 3.38. The molecule has 0 bridgehead atoms. The van der Waals surface area contributed by atoms with Crippen LogP contribution in [-0.4, -0.2) is 29.0 Å². The Balaban J connectivity index is 2.16. The summed E-state index contributed by atoms with van der Waals surface area (Å²) in [6, 6.07) is 0.0961. The van der Waals surface area contributed by atoms with Gasteiger partial charge in [0.2, 0.25) is 5.91 Å². The Labute approximate surface area is 68.1 Å². The molecule has 1 saturated heterocycles. The molecule has 0 radical (unpaired) electrons. The third-order valence-electron chi connectivity index (χ3n) is 1.56. The van der Waals surface area contributed by atoms with Crippen LogP contribution in [0.4, 0.5) is 0 Å². The lowest BCUT2D eigenvalue weighted by atomic mass is 10.2. The molecule has 4 nitrogen and oxygen atoms in total. The average molecular weight is 169 g/mol. The summed E-state index contributed by atoms with van der Waals surface area (Å²) >= 11 is 1.48. The monoisotopic (exact) mass is 169 g/mol. The van der Waals surface area contributed by atoms with Crippen LogP contribution in [0, 0.1) is 0 Å². The van der Waals surface area contributed by atoms with Crippen LogP contribution in [0.1, 0.15) is 6.42 Å². The van der Waals surface area contributed by atoms with Crippen molar-refractivity contribution in [2.45, 2.75) is 12.5 Å². The SMILES string of the molecule is O=C1CSC2=NN=CCC2N1. The first-order chi connectivity index (χ1) is 5.36. The number of nitrogens with zero attached hydrogens (tertiary/aromatic N) is 2. The van der Waals surface area contributed by atoms with Gasteiger partial charge in [-0.1, -0.05) is 11.8 Å². The summed E-state index contributed by atoms with van der Waals surface area (Å²) in [5, 5.41) is 11.5. The maximum absolute atomic E-state index is 10.9. The Morgan fingerprint density at radius 2 is 2.64 bits per heavy atom. The third kappa shape index (κ3) is 1.28. The van der Waals surface area contributed by atoms with E-state index < -0.39 is 0 Å². The molecule has 0 aromatic rings. The molecule has 1 N–H and O–H groups in total. The van der Waals surface area contributed by atoms with Crippen molar-refractivity contribution in [2.24, 2.45) is 10.2 Å². The summed E-state index contributed by atoms with van der Waals surface area (Å²) in [6.45, 7) is 0. The van der Waals surface area contributed by atoms with E-state index in [1.165, 1.54) is 11.8 Å². The fourth-order valence-electron chi connectivity index (χ4n) is 1.05. The van der Waals surface area contributed by atoms with Gasteiger partial charge in [-0.15, -0.1) is 5.10 Å². The topological polar surface area (TPSA) is 53.8 Å². The molecule has 58 valence electrons. The lowest BCUT2D eigenvalue weighted by Crippen LogP contribution is -2.46. The number of nitrogens with one attached hydrogen (secondary N) is 1. The van der Waals surface area contributed by atoms with E-state index in [1.54, 1.807) is 6.21 Å². The highest BCUT2D eigenvalue weighted by molar-refractivity contribution is 8.14. The highest BCUT2D eigenvalue weighted by atomic mass is 32.2. The molecule has 2 aliphatic rings. The second kappa shape index (κ2) is 2.65. The summed E-state index contributed by atoms with van der Waals surface area (Å²) in [7, 11) is 0. The van der Waals surface area contributed by atoms with Gasteiger partial charge in [0.05, 0.1) is 11.8 Å². The second-order valence-electron chi connectivity index (χ2n) is 2.38. The van der Waals surface area contributed by atoms with Gasteiger partial charge in [0.25, 0.3) is 0 Å². The first kappa shape index (κ1) is 6.84. The summed E-state index contributed by atoms with van der Waals surface area (Å²) in [4.78, 5) is 10.9. The minimum Gasteiger partial charge on any atom is -0.346 e. The number of amides is 1. The fourth-order valence-corrected chi connectivity index (χ4v) is 1.87. The molecule has 2 heterocycles. The number of carbonyl (C=O) groups excluding carboxylic acids is 1. The van der Waals surface area contributed by atoms with E-state index in [0.717, 1.165) is 11.5 Å². The predicted molar refractivity (Wildman–Crippen MR) is 44.9 cm³/mol. The molecular formula is C6H7N3OS. The van der Waals surface area contributed by atoms with Gasteiger partial charge in [0, 0.05) is 12.6 Å². The van der Waals surface area contributed by atoms with E-state index in [1.807, 2.05) is 0 Å². The summed E-state index contributed by atoms with van der Waals surface area (Å²) in [6.07, 6.45) is 2.50. The van der Waals surface area contributed by atoms with Crippen molar-refractivity contribution in [1.29, 1.82) is 0 Å². The van der Waals surface area contributed by atoms with Gasteiger partial charge in [-0.3, -0.25) is 4.79 Å². The Kier molecular flexibility index (Phi) is 1.65. The van der Waals surface area contributed by atoms with Crippen LogP contribution in [-0.2, 0) is 4.79 Å². The van der Waals surface area contributed by atoms with Crippen molar-refractivity contribution >= 4 is 28.9 Å². The van der Waals surface area contributed by atoms with Gasteiger partial charge in [-0.25, -0.2) is 0 Å². The number of fused-ring (bicyclic) bond motifs is 1. The Morgan fingerprint density at radius 1 is 1.73 bits per heavy atom. The third-order valence-corrected chi connectivity index (χ3v) is 2.63. The van der Waals surface area contributed by atoms with Crippen molar-refractivity contribution in [2.75, 3.05) is 5.75 Å². The molecule has 1 unspecified atom stereocenters. The second-order valence-corrected chi connectivity index (χ2v) is 3.38. The molecule has 1 fully saturated rings. The smallest absolute Gasteiger partial charge is 0.230 e. The van der Waals surface area contributed by atoms with Crippen LogP contribution < -0.4 is 5.32 Å². The van der Waals surface area contributed by atoms with Crippen LogP contribution in [0.15, 0.2) is 10.2 Å². The quantitative estimate of drug-likeness (QED) is 0.555. The Bertz CT molecular complexity index is 248. The van der Waals surface area contributed by atoms with E-state index in [-0.39, 0.29) is 11.9 Å². The highest BCUT2D eigenvalue weighted by Gasteiger charge is 2.25. The van der Waals surface area contributed by atoms with E-state index in [9.17, 15) is 4.79 Å². The molecule has 0 spiro atoms. The molecular weight excluding hydrogens is 162 g/mol. The molecule has 11 heavy (non-hydrogen) atoms. The van der Waals surface area contributed by atoms with Gasteiger partial charge >= 0.3 is 0 Å². The maximum Gasteiger partial charge on any atom is 0.230 e. The molecule has 2 rings (SSSR count). The number of carbonyl (C=O) groups is 1. The van der Waals surface area contributed by atoms with Crippen LogP contribution >= 0.6 is 11.8 Å². The summed E-state index contributed by atoms with van der Waals surface area (Å²) in [5.41, 5.74) is 0. The van der Waals surface area contributed by atoms with E-state index in [0.29, 0.717) is 5.75 Å².